The molecule has 0 heterocycles. The molecule has 0 aliphatic heterocycles. The first-order valence-corrected chi connectivity index (χ1v) is 6.63. The van der Waals surface area contributed by atoms with Crippen LogP contribution in [0.5, 0.6) is 5.75 Å². The minimum absolute atomic E-state index is 0.273. The third-order valence-electron chi connectivity index (χ3n) is 2.75. The Bertz CT molecular complexity index is 559. The van der Waals surface area contributed by atoms with Crippen molar-refractivity contribution < 1.29 is 4.74 Å². The van der Waals surface area contributed by atoms with Crippen LogP contribution >= 0.6 is 27.5 Å². The summed E-state index contributed by atoms with van der Waals surface area (Å²) in [5.74, 6) is 0.786. The van der Waals surface area contributed by atoms with Crippen LogP contribution in [-0.4, -0.2) is 7.11 Å². The summed E-state index contributed by atoms with van der Waals surface area (Å²) >= 11 is 9.61. The van der Waals surface area contributed by atoms with Gasteiger partial charge in [-0.2, -0.15) is 0 Å². The normalized spacial score (nSPS) is 12.2. The van der Waals surface area contributed by atoms with E-state index in [0.717, 1.165) is 21.3 Å². The highest BCUT2D eigenvalue weighted by molar-refractivity contribution is 9.10. The number of methoxy groups -OCH3 is 1. The molecule has 1 atom stereocenters. The van der Waals surface area contributed by atoms with Gasteiger partial charge in [-0.15, -0.1) is 0 Å². The zero-order chi connectivity index (χ0) is 13.1. The van der Waals surface area contributed by atoms with Crippen LogP contribution in [0.15, 0.2) is 46.9 Å². The lowest BCUT2D eigenvalue weighted by Gasteiger charge is -2.15. The minimum atomic E-state index is -0.273. The second-order valence-electron chi connectivity index (χ2n) is 3.92. The van der Waals surface area contributed by atoms with Gasteiger partial charge in [0.25, 0.3) is 0 Å². The summed E-state index contributed by atoms with van der Waals surface area (Å²) in [6.07, 6.45) is 0. The Hall–Kier alpha value is -1.03. The Balaban J connectivity index is 2.40. The molecule has 2 N–H and O–H groups in total. The van der Waals surface area contributed by atoms with E-state index in [0.29, 0.717) is 5.02 Å². The molecule has 94 valence electrons. The first-order chi connectivity index (χ1) is 8.61. The van der Waals surface area contributed by atoms with Crippen molar-refractivity contribution in [2.75, 3.05) is 7.11 Å². The van der Waals surface area contributed by atoms with Gasteiger partial charge in [-0.3, -0.25) is 0 Å². The molecule has 0 amide bonds. The highest BCUT2D eigenvalue weighted by Gasteiger charge is 2.13. The highest BCUT2D eigenvalue weighted by Crippen LogP contribution is 2.30. The molecule has 2 nitrogen and oxygen atoms in total. The molecule has 2 rings (SSSR count). The smallest absolute Gasteiger partial charge is 0.119 e. The molecule has 2 aromatic carbocycles. The van der Waals surface area contributed by atoms with Gasteiger partial charge in [0.05, 0.1) is 13.2 Å². The average Bonchev–Trinajstić information content (AvgIpc) is 2.41. The van der Waals surface area contributed by atoms with Gasteiger partial charge in [0.1, 0.15) is 5.75 Å². The molecule has 0 aliphatic rings. The van der Waals surface area contributed by atoms with Crippen molar-refractivity contribution in [1.29, 1.82) is 0 Å². The van der Waals surface area contributed by atoms with Gasteiger partial charge < -0.3 is 10.5 Å². The Morgan fingerprint density at radius 2 is 2.00 bits per heavy atom. The van der Waals surface area contributed by atoms with Crippen molar-refractivity contribution in [3.8, 4) is 5.75 Å². The predicted octanol–water partition coefficient (Wildman–Crippen LogP) is 4.16. The van der Waals surface area contributed by atoms with E-state index in [1.807, 2.05) is 42.5 Å². The Morgan fingerprint density at radius 1 is 1.22 bits per heavy atom. The maximum Gasteiger partial charge on any atom is 0.119 e. The van der Waals surface area contributed by atoms with Gasteiger partial charge >= 0.3 is 0 Å². The standard InChI is InChI=1S/C14H13BrClNO/c1-18-11-4-2-3-9(7-11)14(17)12-8-10(15)5-6-13(12)16/h2-8,14H,17H2,1H3. The zero-order valence-corrected chi connectivity index (χ0v) is 12.2. The molecular formula is C14H13BrClNO. The number of rotatable bonds is 3. The Morgan fingerprint density at radius 3 is 2.72 bits per heavy atom. The van der Waals surface area contributed by atoms with Gasteiger partial charge in [-0.25, -0.2) is 0 Å². The fourth-order valence-corrected chi connectivity index (χ4v) is 2.38. The van der Waals surface area contributed by atoms with Crippen LogP contribution in [0, 0.1) is 0 Å². The lowest BCUT2D eigenvalue weighted by atomic mass is 9.99. The summed E-state index contributed by atoms with van der Waals surface area (Å²) < 4.78 is 6.16. The molecule has 0 fully saturated rings. The van der Waals surface area contributed by atoms with Crippen LogP contribution in [0.1, 0.15) is 17.2 Å². The molecule has 2 aromatic rings. The van der Waals surface area contributed by atoms with E-state index in [1.165, 1.54) is 0 Å². The molecule has 0 radical (unpaired) electrons. The number of hydrogen-bond donors (Lipinski definition) is 1. The Kier molecular flexibility index (Phi) is 4.27. The van der Waals surface area contributed by atoms with E-state index < -0.39 is 0 Å². The zero-order valence-electron chi connectivity index (χ0n) is 9.86. The largest absolute Gasteiger partial charge is 0.497 e. The van der Waals surface area contributed by atoms with Crippen LogP contribution in [0.3, 0.4) is 0 Å². The van der Waals surface area contributed by atoms with Crippen molar-refractivity contribution >= 4 is 27.5 Å². The van der Waals surface area contributed by atoms with Crippen LogP contribution < -0.4 is 10.5 Å². The third-order valence-corrected chi connectivity index (χ3v) is 3.58. The van der Waals surface area contributed by atoms with Gasteiger partial charge in [-0.05, 0) is 41.5 Å². The summed E-state index contributed by atoms with van der Waals surface area (Å²) in [4.78, 5) is 0. The van der Waals surface area contributed by atoms with E-state index in [2.05, 4.69) is 15.9 Å². The molecule has 0 aromatic heterocycles. The quantitative estimate of drug-likeness (QED) is 0.919. The molecule has 4 heteroatoms. The van der Waals surface area contributed by atoms with E-state index in [-0.39, 0.29) is 6.04 Å². The predicted molar refractivity (Wildman–Crippen MR) is 78.2 cm³/mol. The van der Waals surface area contributed by atoms with Crippen molar-refractivity contribution in [2.45, 2.75) is 6.04 Å². The molecule has 0 bridgehead atoms. The summed E-state index contributed by atoms with van der Waals surface area (Å²) in [5, 5.41) is 0.661. The summed E-state index contributed by atoms with van der Waals surface area (Å²) in [6, 6.07) is 13.1. The van der Waals surface area contributed by atoms with Crippen molar-refractivity contribution in [3.63, 3.8) is 0 Å². The molecule has 1 unspecified atom stereocenters. The maximum atomic E-state index is 6.25. The fraction of sp³-hybridized carbons (Fsp3) is 0.143. The van der Waals surface area contributed by atoms with E-state index in [9.17, 15) is 0 Å². The van der Waals surface area contributed by atoms with Gasteiger partial charge in [0, 0.05) is 9.50 Å². The third kappa shape index (κ3) is 2.86. The van der Waals surface area contributed by atoms with Crippen LogP contribution in [0.2, 0.25) is 5.02 Å². The number of hydrogen-bond acceptors (Lipinski definition) is 2. The number of ether oxygens (including phenoxy) is 1. The monoisotopic (exact) mass is 325 g/mol. The summed E-state index contributed by atoms with van der Waals surface area (Å²) in [7, 11) is 1.64. The van der Waals surface area contributed by atoms with E-state index >= 15 is 0 Å². The number of halogens is 2. The SMILES string of the molecule is COc1cccc(C(N)c2cc(Br)ccc2Cl)c1. The first-order valence-electron chi connectivity index (χ1n) is 5.46. The lowest BCUT2D eigenvalue weighted by Crippen LogP contribution is -2.12. The fourth-order valence-electron chi connectivity index (χ4n) is 1.77. The molecule has 0 saturated heterocycles. The second-order valence-corrected chi connectivity index (χ2v) is 5.24. The molecule has 0 aliphatic carbocycles. The van der Waals surface area contributed by atoms with E-state index in [4.69, 9.17) is 22.1 Å². The highest BCUT2D eigenvalue weighted by atomic mass is 79.9. The van der Waals surface area contributed by atoms with Gasteiger partial charge in [-0.1, -0.05) is 39.7 Å². The minimum Gasteiger partial charge on any atom is -0.497 e. The summed E-state index contributed by atoms with van der Waals surface area (Å²) in [6.45, 7) is 0. The first kappa shape index (κ1) is 13.4. The maximum absolute atomic E-state index is 6.25. The van der Waals surface area contributed by atoms with Crippen molar-refractivity contribution in [2.24, 2.45) is 5.73 Å². The van der Waals surface area contributed by atoms with Crippen LogP contribution in [0.25, 0.3) is 0 Å². The number of nitrogens with two attached hydrogens (primary N) is 1. The van der Waals surface area contributed by atoms with Crippen LogP contribution in [0.4, 0.5) is 0 Å². The topological polar surface area (TPSA) is 35.2 Å². The molecule has 0 saturated carbocycles. The molecule has 0 spiro atoms. The van der Waals surface area contributed by atoms with Crippen molar-refractivity contribution in [1.82, 2.24) is 0 Å². The second kappa shape index (κ2) is 5.74. The summed E-state index contributed by atoms with van der Waals surface area (Å²) in [5.41, 5.74) is 8.10. The lowest BCUT2D eigenvalue weighted by molar-refractivity contribution is 0.414. The average molecular weight is 327 g/mol. The van der Waals surface area contributed by atoms with Gasteiger partial charge in [0.2, 0.25) is 0 Å². The van der Waals surface area contributed by atoms with Gasteiger partial charge in [0.15, 0.2) is 0 Å². The van der Waals surface area contributed by atoms with Crippen LogP contribution in [-0.2, 0) is 0 Å². The molecular weight excluding hydrogens is 314 g/mol. The van der Waals surface area contributed by atoms with Crippen molar-refractivity contribution in [3.05, 3.63) is 63.1 Å². The van der Waals surface area contributed by atoms with E-state index in [1.54, 1.807) is 7.11 Å². The number of benzene rings is 2. The molecule has 18 heavy (non-hydrogen) atoms. The Labute approximate surface area is 120 Å².